The van der Waals surface area contributed by atoms with Gasteiger partial charge in [0.2, 0.25) is 10.0 Å². The van der Waals surface area contributed by atoms with Crippen LogP contribution in [-0.2, 0) is 10.0 Å². The van der Waals surface area contributed by atoms with E-state index in [1.54, 1.807) is 0 Å². The molecule has 0 aliphatic carbocycles. The molecule has 150 valence electrons. The average molecular weight is 425 g/mol. The Hall–Kier alpha value is -1.96. The van der Waals surface area contributed by atoms with Gasteiger partial charge in [-0.15, -0.1) is 0 Å². The van der Waals surface area contributed by atoms with Crippen molar-refractivity contribution < 1.29 is 17.6 Å². The van der Waals surface area contributed by atoms with Gasteiger partial charge >= 0.3 is 0 Å². The number of hydrogen-bond acceptors (Lipinski definition) is 3. The second-order valence-corrected chi connectivity index (χ2v) is 9.75. The van der Waals surface area contributed by atoms with Crippen LogP contribution in [0.4, 0.5) is 10.1 Å². The Labute approximate surface area is 169 Å². The van der Waals surface area contributed by atoms with E-state index in [4.69, 9.17) is 11.6 Å². The number of carbonyl (C=O) groups is 1. The van der Waals surface area contributed by atoms with Gasteiger partial charge in [0.05, 0.1) is 10.6 Å². The van der Waals surface area contributed by atoms with Crippen molar-refractivity contribution in [1.82, 2.24) is 4.31 Å². The Morgan fingerprint density at radius 1 is 1.14 bits per heavy atom. The summed E-state index contributed by atoms with van der Waals surface area (Å²) in [6.07, 6.45) is 0.986. The number of amides is 1. The minimum absolute atomic E-state index is 0.0491. The monoisotopic (exact) mass is 424 g/mol. The molecule has 1 saturated heterocycles. The van der Waals surface area contributed by atoms with Gasteiger partial charge in [-0.1, -0.05) is 31.5 Å². The third-order valence-corrected chi connectivity index (χ3v) is 6.81. The van der Waals surface area contributed by atoms with E-state index in [1.807, 2.05) is 13.8 Å². The third kappa shape index (κ3) is 4.54. The fourth-order valence-corrected chi connectivity index (χ4v) is 5.43. The van der Waals surface area contributed by atoms with E-state index in [0.717, 1.165) is 12.5 Å². The number of nitrogens with zero attached hydrogens (tertiary/aromatic N) is 1. The van der Waals surface area contributed by atoms with E-state index >= 15 is 0 Å². The molecule has 0 saturated carbocycles. The van der Waals surface area contributed by atoms with Crippen LogP contribution in [0.25, 0.3) is 0 Å². The summed E-state index contributed by atoms with van der Waals surface area (Å²) in [5, 5.41) is 2.71. The van der Waals surface area contributed by atoms with Crippen molar-refractivity contribution in [1.29, 1.82) is 0 Å². The Balaban J connectivity index is 1.85. The predicted molar refractivity (Wildman–Crippen MR) is 108 cm³/mol. The quantitative estimate of drug-likeness (QED) is 0.791. The number of nitrogens with one attached hydrogen (secondary N) is 1. The molecular formula is C20H22ClFN2O3S. The lowest BCUT2D eigenvalue weighted by Gasteiger charge is -2.34. The zero-order valence-electron chi connectivity index (χ0n) is 15.7. The zero-order chi connectivity index (χ0) is 20.5. The summed E-state index contributed by atoms with van der Waals surface area (Å²) in [6, 6.07) is 9.60. The lowest BCUT2D eigenvalue weighted by atomic mass is 9.94. The molecule has 2 aromatic rings. The SMILES string of the molecule is CC1CC(C)CN(S(=O)(=O)c2cccc(C(=O)Nc3cc(Cl)ccc3F)c2)C1. The highest BCUT2D eigenvalue weighted by Gasteiger charge is 2.32. The Morgan fingerprint density at radius 3 is 2.50 bits per heavy atom. The summed E-state index contributed by atoms with van der Waals surface area (Å²) in [7, 11) is -3.71. The van der Waals surface area contributed by atoms with Crippen molar-refractivity contribution in [3.05, 3.63) is 58.9 Å². The second-order valence-electron chi connectivity index (χ2n) is 7.37. The van der Waals surface area contributed by atoms with Crippen molar-refractivity contribution >= 4 is 33.2 Å². The number of rotatable bonds is 4. The van der Waals surface area contributed by atoms with E-state index in [0.29, 0.717) is 13.1 Å². The van der Waals surface area contributed by atoms with Crippen LogP contribution < -0.4 is 5.32 Å². The molecule has 3 rings (SSSR count). The summed E-state index contributed by atoms with van der Waals surface area (Å²) in [5.74, 6) is -0.692. The number of sulfonamides is 1. The van der Waals surface area contributed by atoms with E-state index < -0.39 is 21.7 Å². The maximum Gasteiger partial charge on any atom is 0.255 e. The van der Waals surface area contributed by atoms with Crippen LogP contribution in [0.15, 0.2) is 47.4 Å². The van der Waals surface area contributed by atoms with Crippen LogP contribution in [0.5, 0.6) is 0 Å². The Kier molecular flexibility index (Phi) is 6.07. The lowest BCUT2D eigenvalue weighted by molar-refractivity contribution is 0.102. The summed E-state index contributed by atoms with van der Waals surface area (Å²) in [6.45, 7) is 4.97. The molecule has 0 spiro atoms. The molecule has 0 radical (unpaired) electrons. The van der Waals surface area contributed by atoms with E-state index in [1.165, 1.54) is 40.7 Å². The first-order chi connectivity index (χ1) is 13.2. The van der Waals surface area contributed by atoms with Crippen molar-refractivity contribution in [2.75, 3.05) is 18.4 Å². The second kappa shape index (κ2) is 8.19. The van der Waals surface area contributed by atoms with Gasteiger partial charge in [-0.05, 0) is 54.7 Å². The highest BCUT2D eigenvalue weighted by atomic mass is 35.5. The fraction of sp³-hybridized carbons (Fsp3) is 0.350. The number of benzene rings is 2. The molecule has 28 heavy (non-hydrogen) atoms. The molecule has 8 heteroatoms. The lowest BCUT2D eigenvalue weighted by Crippen LogP contribution is -2.42. The van der Waals surface area contributed by atoms with E-state index in [2.05, 4.69) is 5.32 Å². The van der Waals surface area contributed by atoms with Gasteiger partial charge in [-0.25, -0.2) is 12.8 Å². The molecule has 1 N–H and O–H groups in total. The minimum atomic E-state index is -3.71. The van der Waals surface area contributed by atoms with Gasteiger partial charge in [-0.3, -0.25) is 4.79 Å². The molecule has 2 unspecified atom stereocenters. The van der Waals surface area contributed by atoms with Crippen molar-refractivity contribution in [3.8, 4) is 0 Å². The topological polar surface area (TPSA) is 66.5 Å². The normalized spacial score (nSPS) is 20.7. The molecule has 2 atom stereocenters. The first kappa shape index (κ1) is 20.8. The van der Waals surface area contributed by atoms with Crippen LogP contribution in [0.1, 0.15) is 30.6 Å². The van der Waals surface area contributed by atoms with Crippen molar-refractivity contribution in [2.45, 2.75) is 25.2 Å². The largest absolute Gasteiger partial charge is 0.319 e. The highest BCUT2D eigenvalue weighted by Crippen LogP contribution is 2.27. The summed E-state index contributed by atoms with van der Waals surface area (Å²) < 4.78 is 41.4. The minimum Gasteiger partial charge on any atom is -0.319 e. The number of carbonyl (C=O) groups excluding carboxylic acids is 1. The molecule has 1 fully saturated rings. The van der Waals surface area contributed by atoms with Crippen LogP contribution in [-0.4, -0.2) is 31.7 Å². The van der Waals surface area contributed by atoms with Crippen molar-refractivity contribution in [3.63, 3.8) is 0 Å². The maximum atomic E-state index is 13.9. The summed E-state index contributed by atoms with van der Waals surface area (Å²) in [5.41, 5.74) is 0.0583. The molecule has 0 bridgehead atoms. The third-order valence-electron chi connectivity index (χ3n) is 4.75. The summed E-state index contributed by atoms with van der Waals surface area (Å²) in [4.78, 5) is 12.6. The number of halogens is 2. The molecule has 1 amide bonds. The molecule has 2 aromatic carbocycles. The molecule has 1 aliphatic heterocycles. The van der Waals surface area contributed by atoms with Gasteiger partial charge < -0.3 is 5.32 Å². The van der Waals surface area contributed by atoms with Gasteiger partial charge in [0.25, 0.3) is 5.91 Å². The first-order valence-electron chi connectivity index (χ1n) is 9.03. The van der Waals surface area contributed by atoms with Crippen LogP contribution >= 0.6 is 11.6 Å². The van der Waals surface area contributed by atoms with Gasteiger partial charge in [0, 0.05) is 23.7 Å². The van der Waals surface area contributed by atoms with E-state index in [9.17, 15) is 17.6 Å². The summed E-state index contributed by atoms with van der Waals surface area (Å²) >= 11 is 5.84. The Bertz CT molecular complexity index is 987. The van der Waals surface area contributed by atoms with Crippen LogP contribution in [0.2, 0.25) is 5.02 Å². The average Bonchev–Trinajstić information content (AvgIpc) is 2.64. The standard InChI is InChI=1S/C20H22ClFN2O3S/c1-13-8-14(2)12-24(11-13)28(26,27)17-5-3-4-15(9-17)20(25)23-19-10-16(21)6-7-18(19)22/h3-7,9-10,13-14H,8,11-12H2,1-2H3,(H,23,25). The van der Waals surface area contributed by atoms with Crippen LogP contribution in [0, 0.1) is 17.7 Å². The predicted octanol–water partition coefficient (Wildman–Crippen LogP) is 4.40. The maximum absolute atomic E-state index is 13.9. The smallest absolute Gasteiger partial charge is 0.255 e. The van der Waals surface area contributed by atoms with Crippen molar-refractivity contribution in [2.24, 2.45) is 11.8 Å². The molecule has 1 heterocycles. The Morgan fingerprint density at radius 2 is 1.82 bits per heavy atom. The number of piperidine rings is 1. The van der Waals surface area contributed by atoms with Gasteiger partial charge in [-0.2, -0.15) is 4.31 Å². The van der Waals surface area contributed by atoms with E-state index in [-0.39, 0.29) is 33.0 Å². The molecule has 0 aromatic heterocycles. The zero-order valence-corrected chi connectivity index (χ0v) is 17.2. The number of hydrogen-bond donors (Lipinski definition) is 1. The highest BCUT2D eigenvalue weighted by molar-refractivity contribution is 7.89. The van der Waals surface area contributed by atoms with Gasteiger partial charge in [0.1, 0.15) is 5.82 Å². The molecule has 5 nitrogen and oxygen atoms in total. The first-order valence-corrected chi connectivity index (χ1v) is 10.8. The van der Waals surface area contributed by atoms with Crippen LogP contribution in [0.3, 0.4) is 0 Å². The fourth-order valence-electron chi connectivity index (χ4n) is 3.54. The molecular weight excluding hydrogens is 403 g/mol. The van der Waals surface area contributed by atoms with Gasteiger partial charge in [0.15, 0.2) is 0 Å². The molecule has 1 aliphatic rings. The number of anilines is 1.